The number of hydrogen-bond acceptors (Lipinski definition) is 4. The molecule has 3 aliphatic rings. The Bertz CT molecular complexity index is 863. The van der Waals surface area contributed by atoms with Gasteiger partial charge >= 0.3 is 0 Å². The van der Waals surface area contributed by atoms with Gasteiger partial charge in [0.25, 0.3) is 0 Å². The van der Waals surface area contributed by atoms with Crippen molar-refractivity contribution in [1.82, 2.24) is 10.3 Å². The summed E-state index contributed by atoms with van der Waals surface area (Å²) in [7, 11) is 0. The lowest BCUT2D eigenvalue weighted by molar-refractivity contribution is -0.127. The zero-order valence-electron chi connectivity index (χ0n) is 15.2. The molecule has 4 nitrogen and oxygen atoms in total. The van der Waals surface area contributed by atoms with Crippen molar-refractivity contribution in [3.8, 4) is 10.6 Å². The van der Waals surface area contributed by atoms with E-state index in [9.17, 15) is 9.18 Å². The summed E-state index contributed by atoms with van der Waals surface area (Å²) in [4.78, 5) is 18.9. The molecule has 5 atom stereocenters. The number of carbonyl (C=O) groups excluding carboxylic acids is 1. The zero-order chi connectivity index (χ0) is 18.5. The molecule has 1 amide bonds. The molecule has 5 unspecified atom stereocenters. The monoisotopic (exact) mass is 385 g/mol. The Hall–Kier alpha value is -1.79. The van der Waals surface area contributed by atoms with Crippen LogP contribution in [0.3, 0.4) is 0 Å². The van der Waals surface area contributed by atoms with E-state index in [0.29, 0.717) is 11.8 Å². The van der Waals surface area contributed by atoms with E-state index in [0.717, 1.165) is 53.2 Å². The van der Waals surface area contributed by atoms with Crippen molar-refractivity contribution in [3.63, 3.8) is 0 Å². The van der Waals surface area contributed by atoms with Crippen LogP contribution in [0.15, 0.2) is 24.3 Å². The van der Waals surface area contributed by atoms with Crippen LogP contribution in [0.2, 0.25) is 0 Å². The standard InChI is InChI=1S/C21H24FN3OS/c22-14-8-6-11(7-9-14)21-25-16-3-1-2-15(19(16)27-21)24-20(26)17-12-4-5-13(10-12)18(17)23/h6-9,12-13,15,17-18H,1-5,10,23H2,(H,24,26). The van der Waals surface area contributed by atoms with Crippen LogP contribution in [0.5, 0.6) is 0 Å². The van der Waals surface area contributed by atoms with E-state index in [-0.39, 0.29) is 29.7 Å². The van der Waals surface area contributed by atoms with E-state index in [4.69, 9.17) is 10.7 Å². The van der Waals surface area contributed by atoms with Gasteiger partial charge in [0.2, 0.25) is 5.91 Å². The number of nitrogens with zero attached hydrogens (tertiary/aromatic N) is 1. The number of amides is 1. The average molecular weight is 386 g/mol. The minimum atomic E-state index is -0.243. The van der Waals surface area contributed by atoms with Crippen LogP contribution in [-0.4, -0.2) is 16.9 Å². The lowest BCUT2D eigenvalue weighted by Crippen LogP contribution is -2.46. The number of hydrogen-bond donors (Lipinski definition) is 2. The summed E-state index contributed by atoms with van der Waals surface area (Å²) in [6.07, 6.45) is 6.34. The maximum atomic E-state index is 13.2. The SMILES string of the molecule is NC1C2CCC(C2)C1C(=O)NC1CCCc2nc(-c3ccc(F)cc3)sc21. The Labute approximate surface area is 162 Å². The highest BCUT2D eigenvalue weighted by Gasteiger charge is 2.49. The molecule has 0 aliphatic heterocycles. The van der Waals surface area contributed by atoms with Crippen LogP contribution < -0.4 is 11.1 Å². The first-order valence-electron chi connectivity index (χ1n) is 9.91. The predicted molar refractivity (Wildman–Crippen MR) is 104 cm³/mol. The van der Waals surface area contributed by atoms with Gasteiger partial charge in [0.1, 0.15) is 10.8 Å². The highest BCUT2D eigenvalue weighted by molar-refractivity contribution is 7.15. The fourth-order valence-corrected chi connectivity index (χ4v) is 6.47. The lowest BCUT2D eigenvalue weighted by Gasteiger charge is -2.30. The molecule has 5 rings (SSSR count). The molecule has 0 radical (unpaired) electrons. The van der Waals surface area contributed by atoms with Crippen molar-refractivity contribution in [2.45, 2.75) is 50.6 Å². The van der Waals surface area contributed by atoms with Crippen molar-refractivity contribution in [1.29, 1.82) is 0 Å². The number of carbonyl (C=O) groups is 1. The number of fused-ring (bicyclic) bond motifs is 3. The summed E-state index contributed by atoms with van der Waals surface area (Å²) < 4.78 is 13.2. The Morgan fingerprint density at radius 3 is 2.70 bits per heavy atom. The van der Waals surface area contributed by atoms with Gasteiger partial charge in [0.05, 0.1) is 22.5 Å². The predicted octanol–water partition coefficient (Wildman–Crippen LogP) is 3.82. The topological polar surface area (TPSA) is 68.0 Å². The molecule has 2 fully saturated rings. The molecule has 1 heterocycles. The number of aromatic nitrogens is 1. The van der Waals surface area contributed by atoms with Crippen LogP contribution >= 0.6 is 11.3 Å². The van der Waals surface area contributed by atoms with E-state index >= 15 is 0 Å². The maximum Gasteiger partial charge on any atom is 0.225 e. The Morgan fingerprint density at radius 1 is 1.19 bits per heavy atom. The second-order valence-electron chi connectivity index (χ2n) is 8.23. The summed E-state index contributed by atoms with van der Waals surface area (Å²) >= 11 is 1.62. The van der Waals surface area contributed by atoms with E-state index < -0.39 is 0 Å². The van der Waals surface area contributed by atoms with Gasteiger partial charge in [-0.25, -0.2) is 9.37 Å². The Morgan fingerprint density at radius 2 is 1.96 bits per heavy atom. The Balaban J connectivity index is 1.37. The normalized spacial score (nSPS) is 31.7. The molecule has 2 aromatic rings. The van der Waals surface area contributed by atoms with Gasteiger partial charge in [-0.1, -0.05) is 0 Å². The van der Waals surface area contributed by atoms with E-state index in [1.807, 2.05) is 0 Å². The number of thiazole rings is 1. The number of rotatable bonds is 3. The van der Waals surface area contributed by atoms with Gasteiger partial charge in [0.15, 0.2) is 0 Å². The molecule has 2 bridgehead atoms. The number of benzene rings is 1. The second-order valence-corrected chi connectivity index (χ2v) is 9.26. The highest BCUT2D eigenvalue weighted by Crippen LogP contribution is 2.48. The van der Waals surface area contributed by atoms with Crippen LogP contribution in [0.25, 0.3) is 10.6 Å². The molecule has 6 heteroatoms. The molecule has 3 aliphatic carbocycles. The van der Waals surface area contributed by atoms with Crippen LogP contribution in [0.1, 0.15) is 48.7 Å². The lowest BCUT2D eigenvalue weighted by atomic mass is 9.84. The average Bonchev–Trinajstić information content (AvgIpc) is 3.36. The van der Waals surface area contributed by atoms with Gasteiger partial charge in [-0.3, -0.25) is 4.79 Å². The van der Waals surface area contributed by atoms with Gasteiger partial charge < -0.3 is 11.1 Å². The van der Waals surface area contributed by atoms with Gasteiger partial charge in [-0.2, -0.15) is 0 Å². The molecular formula is C21H24FN3OS. The van der Waals surface area contributed by atoms with Gasteiger partial charge in [0, 0.05) is 11.6 Å². The zero-order valence-corrected chi connectivity index (χ0v) is 16.0. The van der Waals surface area contributed by atoms with Gasteiger partial charge in [-0.05, 0) is 74.6 Å². The fourth-order valence-electron chi connectivity index (χ4n) is 5.27. The number of aryl methyl sites for hydroxylation is 1. The maximum absolute atomic E-state index is 13.2. The summed E-state index contributed by atoms with van der Waals surface area (Å²) in [5.41, 5.74) is 8.36. The molecule has 3 N–H and O–H groups in total. The third-order valence-electron chi connectivity index (χ3n) is 6.64. The van der Waals surface area contributed by atoms with Crippen LogP contribution in [-0.2, 0) is 11.2 Å². The molecule has 0 saturated heterocycles. The highest BCUT2D eigenvalue weighted by atomic mass is 32.1. The molecule has 0 spiro atoms. The molecular weight excluding hydrogens is 361 g/mol. The molecule has 27 heavy (non-hydrogen) atoms. The minimum Gasteiger partial charge on any atom is -0.348 e. The molecule has 1 aromatic heterocycles. The first-order chi connectivity index (χ1) is 13.1. The number of nitrogens with one attached hydrogen (secondary N) is 1. The molecule has 142 valence electrons. The van der Waals surface area contributed by atoms with E-state index in [2.05, 4.69) is 5.32 Å². The largest absolute Gasteiger partial charge is 0.348 e. The van der Waals surface area contributed by atoms with Crippen molar-refractivity contribution < 1.29 is 9.18 Å². The van der Waals surface area contributed by atoms with Crippen molar-refractivity contribution >= 4 is 17.2 Å². The second kappa shape index (κ2) is 6.67. The number of halogens is 1. The van der Waals surface area contributed by atoms with Crippen molar-refractivity contribution in [2.24, 2.45) is 23.5 Å². The molecule has 1 aromatic carbocycles. The summed E-state index contributed by atoms with van der Waals surface area (Å²) in [6, 6.07) is 6.50. The summed E-state index contributed by atoms with van der Waals surface area (Å²) in [5.74, 6) is 0.848. The third kappa shape index (κ3) is 2.99. The van der Waals surface area contributed by atoms with Crippen LogP contribution in [0, 0.1) is 23.6 Å². The summed E-state index contributed by atoms with van der Waals surface area (Å²) in [6.45, 7) is 0. The van der Waals surface area contributed by atoms with E-state index in [1.54, 1.807) is 23.5 Å². The Kier molecular flexibility index (Phi) is 4.28. The number of nitrogens with two attached hydrogens (primary N) is 1. The smallest absolute Gasteiger partial charge is 0.225 e. The van der Waals surface area contributed by atoms with Gasteiger partial charge in [-0.15, -0.1) is 11.3 Å². The quantitative estimate of drug-likeness (QED) is 0.844. The third-order valence-corrected chi connectivity index (χ3v) is 7.90. The van der Waals surface area contributed by atoms with Crippen molar-refractivity contribution in [3.05, 3.63) is 40.7 Å². The fraction of sp³-hybridized carbons (Fsp3) is 0.524. The first kappa shape index (κ1) is 17.3. The minimum absolute atomic E-state index is 0.0167. The molecule has 2 saturated carbocycles. The van der Waals surface area contributed by atoms with Crippen molar-refractivity contribution in [2.75, 3.05) is 0 Å². The van der Waals surface area contributed by atoms with Crippen LogP contribution in [0.4, 0.5) is 4.39 Å². The summed E-state index contributed by atoms with van der Waals surface area (Å²) in [5, 5.41) is 4.20. The first-order valence-corrected chi connectivity index (χ1v) is 10.7. The van der Waals surface area contributed by atoms with E-state index in [1.165, 1.54) is 18.6 Å².